The Morgan fingerprint density at radius 2 is 1.65 bits per heavy atom. The number of amides is 2. The number of benzene rings is 3. The SMILES string of the molecule is CNC(=O)c1c(-c2ccc(F)cc2)nn2cc(NS(=O)(=O)CCCO)c(-c3cccc(C(=O)NC(C)(C)c4ccccc4)c3)cc12. The van der Waals surface area contributed by atoms with Gasteiger partial charge in [-0.3, -0.25) is 14.3 Å². The van der Waals surface area contributed by atoms with Gasteiger partial charge >= 0.3 is 0 Å². The van der Waals surface area contributed by atoms with Gasteiger partial charge in [0, 0.05) is 30.3 Å². The summed E-state index contributed by atoms with van der Waals surface area (Å²) >= 11 is 0. The maximum Gasteiger partial charge on any atom is 0.255 e. The van der Waals surface area contributed by atoms with Gasteiger partial charge in [-0.2, -0.15) is 5.10 Å². The predicted molar refractivity (Wildman–Crippen MR) is 175 cm³/mol. The van der Waals surface area contributed by atoms with Gasteiger partial charge in [0.2, 0.25) is 10.0 Å². The number of carbonyl (C=O) groups is 2. The van der Waals surface area contributed by atoms with Crippen molar-refractivity contribution in [3.05, 3.63) is 114 Å². The summed E-state index contributed by atoms with van der Waals surface area (Å²) in [4.78, 5) is 26.7. The van der Waals surface area contributed by atoms with E-state index in [2.05, 4.69) is 20.5 Å². The molecule has 2 heterocycles. The minimum absolute atomic E-state index is 0.0249. The third-order valence-electron chi connectivity index (χ3n) is 7.54. The van der Waals surface area contributed by atoms with E-state index >= 15 is 0 Å². The number of hydrogen-bond donors (Lipinski definition) is 4. The lowest BCUT2D eigenvalue weighted by atomic mass is 9.93. The van der Waals surface area contributed by atoms with E-state index < -0.39 is 27.3 Å². The Hall–Kier alpha value is -5.07. The van der Waals surface area contributed by atoms with E-state index in [1.54, 1.807) is 30.3 Å². The van der Waals surface area contributed by atoms with Crippen LogP contribution in [0.25, 0.3) is 27.9 Å². The Morgan fingerprint density at radius 1 is 0.935 bits per heavy atom. The third-order valence-corrected chi connectivity index (χ3v) is 8.89. The molecule has 4 N–H and O–H groups in total. The van der Waals surface area contributed by atoms with Gasteiger partial charge in [-0.05, 0) is 73.9 Å². The van der Waals surface area contributed by atoms with Crippen molar-refractivity contribution < 1.29 is 27.5 Å². The van der Waals surface area contributed by atoms with E-state index in [1.165, 1.54) is 42.0 Å². The molecule has 238 valence electrons. The molecule has 12 heteroatoms. The smallest absolute Gasteiger partial charge is 0.255 e. The average Bonchev–Trinajstić information content (AvgIpc) is 3.41. The van der Waals surface area contributed by atoms with E-state index in [4.69, 9.17) is 0 Å². The second kappa shape index (κ2) is 13.1. The summed E-state index contributed by atoms with van der Waals surface area (Å²) in [5.41, 5.74) is 2.90. The molecule has 5 rings (SSSR count). The zero-order valence-corrected chi connectivity index (χ0v) is 26.4. The van der Waals surface area contributed by atoms with Crippen LogP contribution < -0.4 is 15.4 Å². The predicted octanol–water partition coefficient (Wildman–Crippen LogP) is 4.96. The van der Waals surface area contributed by atoms with Gasteiger partial charge in [0.15, 0.2) is 0 Å². The van der Waals surface area contributed by atoms with Crippen molar-refractivity contribution in [3.8, 4) is 22.4 Å². The van der Waals surface area contributed by atoms with Gasteiger partial charge in [0.25, 0.3) is 11.8 Å². The fourth-order valence-corrected chi connectivity index (χ4v) is 6.26. The minimum atomic E-state index is -3.91. The molecule has 0 fully saturated rings. The molecule has 0 aliphatic rings. The molecule has 10 nitrogen and oxygen atoms in total. The molecule has 0 aliphatic carbocycles. The van der Waals surface area contributed by atoms with Gasteiger partial charge in [0.1, 0.15) is 11.5 Å². The van der Waals surface area contributed by atoms with Gasteiger partial charge < -0.3 is 15.7 Å². The molecule has 2 amide bonds. The number of anilines is 1. The summed E-state index contributed by atoms with van der Waals surface area (Å²) in [6.07, 6.45) is 1.48. The molecule has 0 saturated heterocycles. The van der Waals surface area contributed by atoms with Gasteiger partial charge in [-0.15, -0.1) is 0 Å². The lowest BCUT2D eigenvalue weighted by Crippen LogP contribution is -2.40. The molecule has 0 radical (unpaired) electrons. The number of rotatable bonds is 11. The fraction of sp³-hybridized carbons (Fsp3) is 0.206. The van der Waals surface area contributed by atoms with Crippen LogP contribution in [-0.4, -0.2) is 54.4 Å². The van der Waals surface area contributed by atoms with Crippen molar-refractivity contribution in [3.63, 3.8) is 0 Å². The van der Waals surface area contributed by atoms with Crippen LogP contribution in [0.3, 0.4) is 0 Å². The van der Waals surface area contributed by atoms with Crippen LogP contribution in [0.2, 0.25) is 0 Å². The lowest BCUT2D eigenvalue weighted by Gasteiger charge is -2.27. The number of nitrogens with one attached hydrogen (secondary N) is 3. The average molecular weight is 644 g/mol. The zero-order chi connectivity index (χ0) is 33.1. The van der Waals surface area contributed by atoms with E-state index in [9.17, 15) is 27.5 Å². The molecule has 2 aromatic heterocycles. The first-order valence-corrected chi connectivity index (χ1v) is 16.2. The highest BCUT2D eigenvalue weighted by molar-refractivity contribution is 7.92. The molecular weight excluding hydrogens is 609 g/mol. The molecule has 5 aromatic rings. The first kappa shape index (κ1) is 32.3. The Morgan fingerprint density at radius 3 is 2.33 bits per heavy atom. The second-order valence-corrected chi connectivity index (χ2v) is 13.1. The van der Waals surface area contributed by atoms with Crippen molar-refractivity contribution >= 4 is 33.0 Å². The normalized spacial score (nSPS) is 11.8. The Kier molecular flexibility index (Phi) is 9.22. The minimum Gasteiger partial charge on any atom is -0.396 e. The Labute approximate surface area is 266 Å². The summed E-state index contributed by atoms with van der Waals surface area (Å²) in [6.45, 7) is 3.49. The second-order valence-electron chi connectivity index (χ2n) is 11.3. The van der Waals surface area contributed by atoms with Crippen LogP contribution in [0.1, 0.15) is 46.5 Å². The molecule has 0 unspecified atom stereocenters. The van der Waals surface area contributed by atoms with Crippen molar-refractivity contribution in [2.75, 3.05) is 24.1 Å². The number of pyridine rings is 1. The quantitative estimate of drug-likeness (QED) is 0.160. The van der Waals surface area contributed by atoms with Crippen molar-refractivity contribution in [2.24, 2.45) is 0 Å². The van der Waals surface area contributed by atoms with Crippen LogP contribution in [0.5, 0.6) is 0 Å². The molecule has 0 bridgehead atoms. The van der Waals surface area contributed by atoms with Crippen molar-refractivity contribution in [1.29, 1.82) is 0 Å². The van der Waals surface area contributed by atoms with Gasteiger partial charge in [-0.1, -0.05) is 42.5 Å². The number of halogens is 1. The highest BCUT2D eigenvalue weighted by Crippen LogP contribution is 2.35. The van der Waals surface area contributed by atoms with Gasteiger partial charge in [-0.25, -0.2) is 17.3 Å². The summed E-state index contributed by atoms with van der Waals surface area (Å²) in [5.74, 6) is -1.57. The fourth-order valence-electron chi connectivity index (χ4n) is 5.15. The maximum atomic E-state index is 13.7. The summed E-state index contributed by atoms with van der Waals surface area (Å²) in [7, 11) is -2.43. The summed E-state index contributed by atoms with van der Waals surface area (Å²) < 4.78 is 43.7. The molecule has 46 heavy (non-hydrogen) atoms. The standard InChI is InChI=1S/C34H34FN5O5S/c1-34(2,25-11-5-4-6-12-25)37-32(42)24-10-7-9-23(19-24)27-20-29-30(33(43)36-3)31(22-13-15-26(35)16-14-22)38-40(29)21-28(27)39-46(44,45)18-8-17-41/h4-7,9-16,19-21,39,41H,8,17-18H2,1-3H3,(H,36,43)(H,37,42). The molecule has 0 spiro atoms. The number of carbonyl (C=O) groups excluding carboxylic acids is 2. The Bertz CT molecular complexity index is 2010. The van der Waals surface area contributed by atoms with Crippen LogP contribution >= 0.6 is 0 Å². The third kappa shape index (κ3) is 6.93. The van der Waals surface area contributed by atoms with Crippen molar-refractivity contribution in [2.45, 2.75) is 25.8 Å². The van der Waals surface area contributed by atoms with E-state index in [0.29, 0.717) is 27.8 Å². The molecule has 3 aromatic carbocycles. The molecule has 0 saturated carbocycles. The molecule has 0 aliphatic heterocycles. The largest absolute Gasteiger partial charge is 0.396 e. The number of fused-ring (bicyclic) bond motifs is 1. The number of sulfonamides is 1. The highest BCUT2D eigenvalue weighted by Gasteiger charge is 2.26. The van der Waals surface area contributed by atoms with Crippen LogP contribution in [0.15, 0.2) is 91.1 Å². The van der Waals surface area contributed by atoms with E-state index in [-0.39, 0.29) is 41.6 Å². The summed E-state index contributed by atoms with van der Waals surface area (Å²) in [6, 6.07) is 23.4. The molecular formula is C34H34FN5O5S. The monoisotopic (exact) mass is 643 g/mol. The first-order chi connectivity index (χ1) is 21.9. The number of hydrogen-bond acceptors (Lipinski definition) is 6. The highest BCUT2D eigenvalue weighted by atomic mass is 32.2. The van der Waals surface area contributed by atoms with Gasteiger partial charge in [0.05, 0.1) is 34.3 Å². The lowest BCUT2D eigenvalue weighted by molar-refractivity contribution is 0.0910. The number of aliphatic hydroxyl groups excluding tert-OH is 1. The van der Waals surface area contributed by atoms with Crippen LogP contribution in [0, 0.1) is 5.82 Å². The maximum absolute atomic E-state index is 13.7. The summed E-state index contributed by atoms with van der Waals surface area (Å²) in [5, 5.41) is 19.5. The van der Waals surface area contributed by atoms with Crippen LogP contribution in [0.4, 0.5) is 10.1 Å². The van der Waals surface area contributed by atoms with E-state index in [0.717, 1.165) is 5.56 Å². The zero-order valence-electron chi connectivity index (χ0n) is 25.5. The number of aromatic nitrogens is 2. The first-order valence-electron chi connectivity index (χ1n) is 14.6. The van der Waals surface area contributed by atoms with Crippen molar-refractivity contribution in [1.82, 2.24) is 20.2 Å². The number of aliphatic hydroxyl groups is 1. The topological polar surface area (TPSA) is 142 Å². The molecule has 0 atom stereocenters. The number of nitrogens with zero attached hydrogens (tertiary/aromatic N) is 2. The van der Waals surface area contributed by atoms with Crippen LogP contribution in [-0.2, 0) is 15.6 Å². The Balaban J connectivity index is 1.65. The van der Waals surface area contributed by atoms with E-state index in [1.807, 2.05) is 44.2 Å².